The quantitative estimate of drug-likeness (QED) is 0.486. The molecule has 7 heteroatoms. The Morgan fingerprint density at radius 1 is 0.862 bits per heavy atom. The maximum absolute atomic E-state index is 13.2. The molecule has 5 aromatic rings. The van der Waals surface area contributed by atoms with Gasteiger partial charge in [-0.3, -0.25) is 14.8 Å². The van der Waals surface area contributed by atoms with Crippen LogP contribution in [0.5, 0.6) is 0 Å². The topological polar surface area (TPSA) is 80.6 Å². The molecule has 29 heavy (non-hydrogen) atoms. The van der Waals surface area contributed by atoms with Gasteiger partial charge in [-0.15, -0.1) is 0 Å². The zero-order chi connectivity index (χ0) is 20.0. The molecule has 5 rings (SSSR count). The molecule has 3 heterocycles. The van der Waals surface area contributed by atoms with Crippen molar-refractivity contribution in [1.82, 2.24) is 19.5 Å². The van der Waals surface area contributed by atoms with Gasteiger partial charge in [0.05, 0.1) is 23.0 Å². The van der Waals surface area contributed by atoms with E-state index in [1.54, 1.807) is 24.4 Å². The third-order valence-electron chi connectivity index (χ3n) is 4.80. The van der Waals surface area contributed by atoms with E-state index in [2.05, 4.69) is 15.0 Å². The van der Waals surface area contributed by atoms with Crippen molar-refractivity contribution in [3.63, 3.8) is 0 Å². The molecule has 1 N–H and O–H groups in total. The van der Waals surface area contributed by atoms with Gasteiger partial charge in [-0.2, -0.15) is 0 Å². The summed E-state index contributed by atoms with van der Waals surface area (Å²) in [6.07, 6.45) is 3.20. The molecule has 0 aliphatic carbocycles. The Morgan fingerprint density at radius 3 is 2.52 bits per heavy atom. The van der Waals surface area contributed by atoms with Crippen LogP contribution in [0, 0.1) is 0 Å². The second-order valence-electron chi connectivity index (χ2n) is 6.52. The smallest absolute Gasteiger partial charge is 0.291 e. The highest BCUT2D eigenvalue weighted by Crippen LogP contribution is 2.26. The van der Waals surface area contributed by atoms with E-state index in [0.29, 0.717) is 21.8 Å². The molecule has 0 aliphatic heterocycles. The normalized spacial score (nSPS) is 11.2. The molecule has 2 aromatic carbocycles. The standard InChI is InChI=1S/C22H13ClN4O2/c23-17-8-4-3-7-15(17)18-10-9-16-20(25-18)26-22(29)27(21(16)28)19-12-24-11-13-5-1-2-6-14(13)19/h1-12H,(H,25,26,29). The van der Waals surface area contributed by atoms with E-state index < -0.39 is 11.2 Å². The van der Waals surface area contributed by atoms with Crippen molar-refractivity contribution in [2.45, 2.75) is 0 Å². The van der Waals surface area contributed by atoms with Crippen molar-refractivity contribution in [1.29, 1.82) is 0 Å². The van der Waals surface area contributed by atoms with E-state index in [1.165, 1.54) is 6.20 Å². The number of benzene rings is 2. The number of pyridine rings is 2. The summed E-state index contributed by atoms with van der Waals surface area (Å²) in [7, 11) is 0. The van der Waals surface area contributed by atoms with Crippen LogP contribution in [-0.2, 0) is 0 Å². The van der Waals surface area contributed by atoms with Crippen LogP contribution < -0.4 is 11.2 Å². The van der Waals surface area contributed by atoms with Crippen LogP contribution >= 0.6 is 11.6 Å². The van der Waals surface area contributed by atoms with E-state index >= 15 is 0 Å². The summed E-state index contributed by atoms with van der Waals surface area (Å²) in [6, 6.07) is 18.1. The number of aromatic amines is 1. The Labute approximate surface area is 169 Å². The first-order valence-corrected chi connectivity index (χ1v) is 9.25. The predicted molar refractivity (Wildman–Crippen MR) is 114 cm³/mol. The van der Waals surface area contributed by atoms with Crippen LogP contribution in [0.15, 0.2) is 82.6 Å². The number of H-pyrrole nitrogens is 1. The predicted octanol–water partition coefficient (Wildman–Crippen LogP) is 3.94. The minimum Gasteiger partial charge on any atom is -0.291 e. The van der Waals surface area contributed by atoms with Gasteiger partial charge < -0.3 is 0 Å². The Kier molecular flexibility index (Phi) is 4.00. The van der Waals surface area contributed by atoms with Gasteiger partial charge in [0.1, 0.15) is 5.65 Å². The van der Waals surface area contributed by atoms with E-state index in [4.69, 9.17) is 11.6 Å². The lowest BCUT2D eigenvalue weighted by Gasteiger charge is -2.10. The van der Waals surface area contributed by atoms with Crippen LogP contribution in [0.25, 0.3) is 38.8 Å². The molecular weight excluding hydrogens is 388 g/mol. The van der Waals surface area contributed by atoms with Gasteiger partial charge in [-0.1, -0.05) is 54.1 Å². The number of hydrogen-bond donors (Lipinski definition) is 1. The molecule has 0 bridgehead atoms. The summed E-state index contributed by atoms with van der Waals surface area (Å²) in [5.41, 5.74) is 0.889. The molecule has 0 saturated heterocycles. The van der Waals surface area contributed by atoms with Crippen molar-refractivity contribution in [2.75, 3.05) is 0 Å². The fourth-order valence-corrected chi connectivity index (χ4v) is 3.65. The number of nitrogens with zero attached hydrogens (tertiary/aromatic N) is 3. The average Bonchev–Trinajstić information content (AvgIpc) is 2.74. The van der Waals surface area contributed by atoms with Crippen molar-refractivity contribution in [3.8, 4) is 16.9 Å². The maximum atomic E-state index is 13.2. The van der Waals surface area contributed by atoms with Crippen molar-refractivity contribution in [2.24, 2.45) is 0 Å². The third kappa shape index (κ3) is 2.81. The van der Waals surface area contributed by atoms with E-state index in [1.807, 2.05) is 42.5 Å². The minimum atomic E-state index is -0.579. The third-order valence-corrected chi connectivity index (χ3v) is 5.12. The Bertz CT molecular complexity index is 1520. The average molecular weight is 401 g/mol. The maximum Gasteiger partial charge on any atom is 0.334 e. The molecule has 0 unspecified atom stereocenters. The van der Waals surface area contributed by atoms with Gasteiger partial charge in [0.15, 0.2) is 0 Å². The van der Waals surface area contributed by atoms with Crippen LogP contribution in [0.4, 0.5) is 0 Å². The first-order chi connectivity index (χ1) is 14.1. The molecule has 0 saturated carbocycles. The van der Waals surface area contributed by atoms with Gasteiger partial charge in [0.2, 0.25) is 0 Å². The lowest BCUT2D eigenvalue weighted by atomic mass is 10.1. The molecule has 0 amide bonds. The molecule has 0 spiro atoms. The largest absolute Gasteiger partial charge is 0.334 e. The molecule has 140 valence electrons. The Balaban J connectivity index is 1.78. The minimum absolute atomic E-state index is 0.210. The zero-order valence-electron chi connectivity index (χ0n) is 15.0. The molecular formula is C22H13ClN4O2. The number of halogens is 1. The van der Waals surface area contributed by atoms with Crippen LogP contribution in [0.3, 0.4) is 0 Å². The zero-order valence-corrected chi connectivity index (χ0v) is 15.7. The fraction of sp³-hybridized carbons (Fsp3) is 0. The van der Waals surface area contributed by atoms with Crippen molar-refractivity contribution < 1.29 is 0 Å². The van der Waals surface area contributed by atoms with Crippen LogP contribution in [0.1, 0.15) is 0 Å². The van der Waals surface area contributed by atoms with Gasteiger partial charge in [-0.05, 0) is 18.2 Å². The Hall–Kier alpha value is -3.77. The summed E-state index contributed by atoms with van der Waals surface area (Å²) in [6.45, 7) is 0. The van der Waals surface area contributed by atoms with Gasteiger partial charge in [-0.25, -0.2) is 14.3 Å². The molecule has 6 nitrogen and oxygen atoms in total. The summed E-state index contributed by atoms with van der Waals surface area (Å²) in [5, 5.41) is 2.43. The second-order valence-corrected chi connectivity index (χ2v) is 6.93. The van der Waals surface area contributed by atoms with Crippen molar-refractivity contribution in [3.05, 3.63) is 98.9 Å². The van der Waals surface area contributed by atoms with Crippen LogP contribution in [0.2, 0.25) is 5.02 Å². The number of hydrogen-bond acceptors (Lipinski definition) is 4. The monoisotopic (exact) mass is 400 g/mol. The molecule has 0 atom stereocenters. The highest BCUT2D eigenvalue weighted by atomic mass is 35.5. The molecule has 0 radical (unpaired) electrons. The second kappa shape index (κ2) is 6.68. The highest BCUT2D eigenvalue weighted by Gasteiger charge is 2.14. The Morgan fingerprint density at radius 2 is 1.66 bits per heavy atom. The van der Waals surface area contributed by atoms with Gasteiger partial charge >= 0.3 is 5.69 Å². The van der Waals surface area contributed by atoms with Gasteiger partial charge in [0.25, 0.3) is 5.56 Å². The summed E-state index contributed by atoms with van der Waals surface area (Å²) >= 11 is 6.25. The number of rotatable bonds is 2. The fourth-order valence-electron chi connectivity index (χ4n) is 3.41. The lowest BCUT2D eigenvalue weighted by molar-refractivity contribution is 0.897. The number of fused-ring (bicyclic) bond motifs is 2. The molecule has 0 aliphatic rings. The molecule has 0 fully saturated rings. The van der Waals surface area contributed by atoms with E-state index in [-0.39, 0.29) is 5.65 Å². The first kappa shape index (κ1) is 17.3. The summed E-state index contributed by atoms with van der Waals surface area (Å²) in [4.78, 5) is 37.3. The van der Waals surface area contributed by atoms with E-state index in [0.717, 1.165) is 20.9 Å². The van der Waals surface area contributed by atoms with Crippen LogP contribution in [-0.4, -0.2) is 19.5 Å². The summed E-state index contributed by atoms with van der Waals surface area (Å²) in [5.74, 6) is 0. The first-order valence-electron chi connectivity index (χ1n) is 8.87. The SMILES string of the molecule is O=c1[nH]c2nc(-c3ccccc3Cl)ccc2c(=O)n1-c1cncc2ccccc12. The van der Waals surface area contributed by atoms with Crippen molar-refractivity contribution >= 4 is 33.4 Å². The van der Waals surface area contributed by atoms with Gasteiger partial charge in [0, 0.05) is 27.6 Å². The number of nitrogens with one attached hydrogen (secondary N) is 1. The lowest BCUT2D eigenvalue weighted by Crippen LogP contribution is -2.34. The van der Waals surface area contributed by atoms with E-state index in [9.17, 15) is 9.59 Å². The number of aromatic nitrogens is 4. The molecule has 3 aromatic heterocycles. The highest BCUT2D eigenvalue weighted by molar-refractivity contribution is 6.33. The summed E-state index contributed by atoms with van der Waals surface area (Å²) < 4.78 is 1.09.